The fraction of sp³-hybridized carbons (Fsp3) is 0.545. The molecule has 0 bridgehead atoms. The first-order valence-electron chi connectivity index (χ1n) is 6.19. The number of ether oxygens (including phenoxy) is 1. The normalized spacial score (nSPS) is 11.7. The van der Waals surface area contributed by atoms with Crippen molar-refractivity contribution in [1.82, 2.24) is 15.1 Å². The fourth-order valence-electron chi connectivity index (χ4n) is 1.54. The van der Waals surface area contributed by atoms with E-state index in [1.807, 2.05) is 0 Å². The Morgan fingerprint density at radius 1 is 1.62 bits per heavy atom. The summed E-state index contributed by atoms with van der Waals surface area (Å²) in [6, 6.07) is -0.776. The second-order valence-electron chi connectivity index (χ2n) is 4.11. The van der Waals surface area contributed by atoms with Gasteiger partial charge in [-0.25, -0.2) is 0 Å². The van der Waals surface area contributed by atoms with Gasteiger partial charge in [-0.1, -0.05) is 0 Å². The lowest BCUT2D eigenvalue weighted by molar-refractivity contribution is -0.385. The van der Waals surface area contributed by atoms with Crippen molar-refractivity contribution in [2.75, 3.05) is 13.2 Å². The molecule has 10 nitrogen and oxygen atoms in total. The molecule has 10 heteroatoms. The summed E-state index contributed by atoms with van der Waals surface area (Å²) in [5, 5.41) is 25.7. The summed E-state index contributed by atoms with van der Waals surface area (Å²) in [6.45, 7) is 1.17. The minimum atomic E-state index is -0.776. The van der Waals surface area contributed by atoms with E-state index in [1.165, 1.54) is 0 Å². The van der Waals surface area contributed by atoms with Crippen LogP contribution in [0.5, 0.6) is 0 Å². The molecule has 0 saturated carbocycles. The molecule has 2 N–H and O–H groups in total. The Morgan fingerprint density at radius 3 is 2.86 bits per heavy atom. The van der Waals surface area contributed by atoms with Crippen LogP contribution in [-0.4, -0.2) is 50.9 Å². The smallest absolute Gasteiger partial charge is 0.307 e. The highest BCUT2D eigenvalue weighted by atomic mass is 16.6. The van der Waals surface area contributed by atoms with Crippen molar-refractivity contribution in [1.29, 1.82) is 0 Å². The van der Waals surface area contributed by atoms with Crippen molar-refractivity contribution in [2.45, 2.75) is 25.9 Å². The zero-order valence-electron chi connectivity index (χ0n) is 11.4. The number of rotatable bonds is 8. The molecule has 116 valence electrons. The van der Waals surface area contributed by atoms with Crippen LogP contribution in [0.25, 0.3) is 0 Å². The molecule has 1 aromatic rings. The van der Waals surface area contributed by atoms with Crippen LogP contribution in [0.3, 0.4) is 0 Å². The highest BCUT2D eigenvalue weighted by Crippen LogP contribution is 2.07. The van der Waals surface area contributed by atoms with Gasteiger partial charge in [-0.3, -0.25) is 24.4 Å². The minimum Gasteiger partial charge on any atom is -0.466 e. The van der Waals surface area contributed by atoms with Gasteiger partial charge in [0.2, 0.25) is 5.91 Å². The standard InChI is InChI=1S/C11H16N4O6/c1-2-21-11(18)3-8(7-16)13-10(17)6-14-5-9(4-12-14)15(19)20/h4-5,8,16H,2-3,6-7H2,1H3,(H,13,17). The molecule has 21 heavy (non-hydrogen) atoms. The molecule has 1 heterocycles. The van der Waals surface area contributed by atoms with Crippen molar-refractivity contribution in [3.8, 4) is 0 Å². The van der Waals surface area contributed by atoms with Crippen molar-refractivity contribution < 1.29 is 24.4 Å². The van der Waals surface area contributed by atoms with Gasteiger partial charge in [0, 0.05) is 0 Å². The first-order valence-corrected chi connectivity index (χ1v) is 6.19. The molecule has 0 saturated heterocycles. The first-order chi connectivity index (χ1) is 9.96. The molecule has 0 fully saturated rings. The SMILES string of the molecule is CCOC(=O)CC(CO)NC(=O)Cn1cc([N+](=O)[O-])cn1. The molecular weight excluding hydrogens is 284 g/mol. The van der Waals surface area contributed by atoms with Gasteiger partial charge in [-0.15, -0.1) is 0 Å². The van der Waals surface area contributed by atoms with Crippen molar-refractivity contribution in [3.63, 3.8) is 0 Å². The fourth-order valence-corrected chi connectivity index (χ4v) is 1.54. The third-order valence-electron chi connectivity index (χ3n) is 2.44. The maximum Gasteiger partial charge on any atom is 0.307 e. The predicted molar refractivity (Wildman–Crippen MR) is 69.1 cm³/mol. The molecule has 1 amide bonds. The van der Waals surface area contributed by atoms with Crippen molar-refractivity contribution >= 4 is 17.6 Å². The van der Waals surface area contributed by atoms with Gasteiger partial charge in [0.15, 0.2) is 0 Å². The number of aliphatic hydroxyl groups is 1. The number of esters is 1. The number of hydrogen-bond acceptors (Lipinski definition) is 7. The van der Waals surface area contributed by atoms with Crippen LogP contribution in [0, 0.1) is 10.1 Å². The zero-order chi connectivity index (χ0) is 15.8. The van der Waals surface area contributed by atoms with Crippen molar-refractivity contribution in [2.24, 2.45) is 0 Å². The van der Waals surface area contributed by atoms with Gasteiger partial charge in [0.1, 0.15) is 18.9 Å². The van der Waals surface area contributed by atoms with Crippen LogP contribution in [0.4, 0.5) is 5.69 Å². The molecule has 0 aromatic carbocycles. The second-order valence-corrected chi connectivity index (χ2v) is 4.11. The Bertz CT molecular complexity index is 515. The summed E-state index contributed by atoms with van der Waals surface area (Å²) >= 11 is 0. The summed E-state index contributed by atoms with van der Waals surface area (Å²) in [7, 11) is 0. The third kappa shape index (κ3) is 5.57. The Kier molecular flexibility index (Phi) is 6.27. The number of amides is 1. The first kappa shape index (κ1) is 16.6. The number of nitrogens with zero attached hydrogens (tertiary/aromatic N) is 3. The van der Waals surface area contributed by atoms with Gasteiger partial charge in [0.25, 0.3) is 0 Å². The van der Waals surface area contributed by atoms with Gasteiger partial charge < -0.3 is 15.2 Å². The maximum absolute atomic E-state index is 11.7. The number of nitrogens with one attached hydrogen (secondary N) is 1. The lowest BCUT2D eigenvalue weighted by atomic mass is 10.2. The molecule has 1 unspecified atom stereocenters. The monoisotopic (exact) mass is 300 g/mol. The predicted octanol–water partition coefficient (Wildman–Crippen LogP) is -0.778. The lowest BCUT2D eigenvalue weighted by Crippen LogP contribution is -2.41. The Hall–Kier alpha value is -2.49. The summed E-state index contributed by atoms with van der Waals surface area (Å²) in [6.07, 6.45) is 1.98. The molecule has 1 rings (SSSR count). The van der Waals surface area contributed by atoms with Gasteiger partial charge in [-0.05, 0) is 6.92 Å². The number of carbonyl (C=O) groups is 2. The highest BCUT2D eigenvalue weighted by molar-refractivity contribution is 5.77. The van der Waals surface area contributed by atoms with E-state index in [9.17, 15) is 19.7 Å². The van der Waals surface area contributed by atoms with E-state index in [1.54, 1.807) is 6.92 Å². The molecule has 1 aromatic heterocycles. The topological polar surface area (TPSA) is 137 Å². The number of carbonyl (C=O) groups excluding carboxylic acids is 2. The largest absolute Gasteiger partial charge is 0.466 e. The average Bonchev–Trinajstić information content (AvgIpc) is 2.86. The quantitative estimate of drug-likeness (QED) is 0.365. The van der Waals surface area contributed by atoms with Crippen LogP contribution in [0.15, 0.2) is 12.4 Å². The van der Waals surface area contributed by atoms with E-state index in [-0.39, 0.29) is 25.3 Å². The Balaban J connectivity index is 2.50. The van der Waals surface area contributed by atoms with Crippen LogP contribution in [0.1, 0.15) is 13.3 Å². The molecular formula is C11H16N4O6. The van der Waals surface area contributed by atoms with Crippen LogP contribution in [-0.2, 0) is 20.9 Å². The molecule has 0 radical (unpaired) electrons. The van der Waals surface area contributed by atoms with Gasteiger partial charge in [0.05, 0.1) is 30.6 Å². The maximum atomic E-state index is 11.7. The van der Waals surface area contributed by atoms with Gasteiger partial charge in [-0.2, -0.15) is 5.10 Å². The number of hydrogen-bond donors (Lipinski definition) is 2. The highest BCUT2D eigenvalue weighted by Gasteiger charge is 2.17. The molecule has 0 spiro atoms. The van der Waals surface area contributed by atoms with Crippen LogP contribution >= 0.6 is 0 Å². The Morgan fingerprint density at radius 2 is 2.33 bits per heavy atom. The summed E-state index contributed by atoms with van der Waals surface area (Å²) in [4.78, 5) is 32.8. The second kappa shape index (κ2) is 7.94. The Labute approximate surface area is 119 Å². The summed E-state index contributed by atoms with van der Waals surface area (Å²) in [5.74, 6) is -1.07. The van der Waals surface area contributed by atoms with E-state index in [0.717, 1.165) is 17.1 Å². The van der Waals surface area contributed by atoms with Gasteiger partial charge >= 0.3 is 11.7 Å². The van der Waals surface area contributed by atoms with Crippen LogP contribution < -0.4 is 5.32 Å². The number of aromatic nitrogens is 2. The molecule has 1 atom stereocenters. The van der Waals surface area contributed by atoms with E-state index in [0.29, 0.717) is 0 Å². The lowest BCUT2D eigenvalue weighted by Gasteiger charge is -2.15. The molecule has 0 aliphatic carbocycles. The minimum absolute atomic E-state index is 0.157. The van der Waals surface area contributed by atoms with E-state index >= 15 is 0 Å². The average molecular weight is 300 g/mol. The van der Waals surface area contributed by atoms with E-state index < -0.39 is 29.4 Å². The number of aliphatic hydroxyl groups excluding tert-OH is 1. The van der Waals surface area contributed by atoms with Crippen molar-refractivity contribution in [3.05, 3.63) is 22.5 Å². The van der Waals surface area contributed by atoms with E-state index in [4.69, 9.17) is 9.84 Å². The summed E-state index contributed by atoms with van der Waals surface area (Å²) < 4.78 is 5.80. The molecule has 0 aliphatic heterocycles. The van der Waals surface area contributed by atoms with E-state index in [2.05, 4.69) is 10.4 Å². The molecule has 0 aliphatic rings. The third-order valence-corrected chi connectivity index (χ3v) is 2.44. The van der Waals surface area contributed by atoms with Crippen LogP contribution in [0.2, 0.25) is 0 Å². The summed E-state index contributed by atoms with van der Waals surface area (Å²) in [5.41, 5.74) is -0.229. The number of nitro groups is 1. The zero-order valence-corrected chi connectivity index (χ0v) is 11.4.